The Labute approximate surface area is 201 Å². The molecule has 1 saturated heterocycles. The standard InChI is InChI=1S/C26H20ClN3O2S/c27-20-11-13-21(14-12-20)30-25(32)23(15-18-7-3-1-4-8-18)33-26(30)22(16-28)24(31)29-17-19-9-5-2-6-10-19/h1-14,23H,15,17H2,(H,29,31). The van der Waals surface area contributed by atoms with Gasteiger partial charge < -0.3 is 5.32 Å². The zero-order valence-electron chi connectivity index (χ0n) is 17.6. The van der Waals surface area contributed by atoms with Crippen LogP contribution in [0.1, 0.15) is 11.1 Å². The topological polar surface area (TPSA) is 73.2 Å². The van der Waals surface area contributed by atoms with Crippen molar-refractivity contribution < 1.29 is 9.59 Å². The summed E-state index contributed by atoms with van der Waals surface area (Å²) in [4.78, 5) is 27.9. The van der Waals surface area contributed by atoms with Crippen LogP contribution in [0, 0.1) is 11.3 Å². The van der Waals surface area contributed by atoms with Crippen LogP contribution in [0.15, 0.2) is 95.5 Å². The average molecular weight is 474 g/mol. The highest BCUT2D eigenvalue weighted by molar-refractivity contribution is 8.05. The molecule has 1 aliphatic heterocycles. The molecule has 33 heavy (non-hydrogen) atoms. The molecule has 1 atom stereocenters. The van der Waals surface area contributed by atoms with Gasteiger partial charge in [0, 0.05) is 17.3 Å². The van der Waals surface area contributed by atoms with Crippen LogP contribution in [0.5, 0.6) is 0 Å². The second kappa shape index (κ2) is 10.4. The summed E-state index contributed by atoms with van der Waals surface area (Å²) in [6.07, 6.45) is 0.488. The zero-order valence-corrected chi connectivity index (χ0v) is 19.1. The second-order valence-corrected chi connectivity index (χ2v) is 9.03. The highest BCUT2D eigenvalue weighted by Gasteiger charge is 2.40. The molecule has 1 N–H and O–H groups in total. The van der Waals surface area contributed by atoms with E-state index in [1.807, 2.05) is 66.7 Å². The lowest BCUT2D eigenvalue weighted by molar-refractivity contribution is -0.117. The number of nitriles is 1. The predicted octanol–water partition coefficient (Wildman–Crippen LogP) is 5.08. The van der Waals surface area contributed by atoms with E-state index in [1.165, 1.54) is 16.7 Å². The van der Waals surface area contributed by atoms with Crippen molar-refractivity contribution in [3.8, 4) is 6.07 Å². The van der Waals surface area contributed by atoms with Gasteiger partial charge in [0.05, 0.1) is 5.25 Å². The van der Waals surface area contributed by atoms with Crippen LogP contribution >= 0.6 is 23.4 Å². The van der Waals surface area contributed by atoms with Crippen molar-refractivity contribution in [3.05, 3.63) is 112 Å². The molecule has 1 unspecified atom stereocenters. The minimum Gasteiger partial charge on any atom is -0.347 e. The van der Waals surface area contributed by atoms with Gasteiger partial charge in [-0.1, -0.05) is 84.0 Å². The minimum atomic E-state index is -0.518. The van der Waals surface area contributed by atoms with Crippen LogP contribution in [0.4, 0.5) is 5.69 Å². The van der Waals surface area contributed by atoms with E-state index in [-0.39, 0.29) is 18.0 Å². The summed E-state index contributed by atoms with van der Waals surface area (Å²) in [6, 6.07) is 27.9. The molecule has 1 fully saturated rings. The molecule has 3 aromatic rings. The summed E-state index contributed by atoms with van der Waals surface area (Å²) >= 11 is 7.27. The summed E-state index contributed by atoms with van der Waals surface area (Å²) in [6.45, 7) is 0.283. The molecule has 0 aromatic heterocycles. The highest BCUT2D eigenvalue weighted by Crippen LogP contribution is 2.42. The number of amides is 2. The van der Waals surface area contributed by atoms with Crippen molar-refractivity contribution in [2.45, 2.75) is 18.2 Å². The number of hydrogen-bond acceptors (Lipinski definition) is 4. The Morgan fingerprint density at radius 2 is 1.58 bits per heavy atom. The number of halogens is 1. The van der Waals surface area contributed by atoms with Gasteiger partial charge in [-0.15, -0.1) is 0 Å². The van der Waals surface area contributed by atoms with Gasteiger partial charge in [0.25, 0.3) is 5.91 Å². The molecule has 5 nitrogen and oxygen atoms in total. The molecule has 3 aromatic carbocycles. The lowest BCUT2D eigenvalue weighted by Gasteiger charge is -2.19. The number of benzene rings is 3. The van der Waals surface area contributed by atoms with Gasteiger partial charge in [0.15, 0.2) is 0 Å². The summed E-state index contributed by atoms with van der Waals surface area (Å²) in [5, 5.41) is 13.1. The van der Waals surface area contributed by atoms with E-state index >= 15 is 0 Å². The van der Waals surface area contributed by atoms with Crippen molar-refractivity contribution in [2.75, 3.05) is 4.90 Å². The van der Waals surface area contributed by atoms with E-state index in [0.717, 1.165) is 11.1 Å². The van der Waals surface area contributed by atoms with Crippen LogP contribution < -0.4 is 10.2 Å². The minimum absolute atomic E-state index is 0.0882. The SMILES string of the molecule is N#CC(C(=O)NCc1ccccc1)=C1SC(Cc2ccccc2)C(=O)N1c1ccc(Cl)cc1. The molecule has 1 heterocycles. The quantitative estimate of drug-likeness (QED) is 0.400. The van der Waals surface area contributed by atoms with Crippen molar-refractivity contribution >= 4 is 40.9 Å². The van der Waals surface area contributed by atoms with E-state index in [1.54, 1.807) is 24.3 Å². The fourth-order valence-electron chi connectivity index (χ4n) is 3.51. The summed E-state index contributed by atoms with van der Waals surface area (Å²) in [7, 11) is 0. The molecular formula is C26H20ClN3O2S. The largest absolute Gasteiger partial charge is 0.347 e. The Hall–Kier alpha value is -3.53. The summed E-state index contributed by atoms with van der Waals surface area (Å²) in [5.74, 6) is -0.694. The number of carbonyl (C=O) groups is 2. The van der Waals surface area contributed by atoms with Gasteiger partial charge in [0.2, 0.25) is 5.91 Å². The Morgan fingerprint density at radius 1 is 0.970 bits per heavy atom. The first-order valence-corrected chi connectivity index (χ1v) is 11.6. The van der Waals surface area contributed by atoms with Crippen LogP contribution in [0.3, 0.4) is 0 Å². The zero-order chi connectivity index (χ0) is 23.2. The van der Waals surface area contributed by atoms with E-state index in [2.05, 4.69) is 5.32 Å². The van der Waals surface area contributed by atoms with E-state index in [4.69, 9.17) is 11.6 Å². The van der Waals surface area contributed by atoms with E-state index < -0.39 is 11.2 Å². The fraction of sp³-hybridized carbons (Fsp3) is 0.115. The molecule has 164 valence electrons. The molecule has 0 aliphatic carbocycles. The highest BCUT2D eigenvalue weighted by atomic mass is 35.5. The van der Waals surface area contributed by atoms with Crippen molar-refractivity contribution in [1.29, 1.82) is 5.26 Å². The Kier molecular flexibility index (Phi) is 7.13. The summed E-state index contributed by atoms with van der Waals surface area (Å²) in [5.41, 5.74) is 2.40. The number of anilines is 1. The van der Waals surface area contributed by atoms with Crippen molar-refractivity contribution in [3.63, 3.8) is 0 Å². The molecule has 7 heteroatoms. The monoisotopic (exact) mass is 473 g/mol. The number of thioether (sulfide) groups is 1. The maximum absolute atomic E-state index is 13.4. The smallest absolute Gasteiger partial charge is 0.264 e. The van der Waals surface area contributed by atoms with Gasteiger partial charge in [-0.25, -0.2) is 0 Å². The Morgan fingerprint density at radius 3 is 2.18 bits per heavy atom. The van der Waals surface area contributed by atoms with Crippen LogP contribution in [-0.4, -0.2) is 17.1 Å². The number of rotatable bonds is 6. The van der Waals surface area contributed by atoms with Gasteiger partial charge >= 0.3 is 0 Å². The van der Waals surface area contributed by atoms with Gasteiger partial charge in [0.1, 0.15) is 16.7 Å². The van der Waals surface area contributed by atoms with Crippen LogP contribution in [-0.2, 0) is 22.6 Å². The normalized spacial score (nSPS) is 16.9. The molecule has 0 saturated carbocycles. The average Bonchev–Trinajstić information content (AvgIpc) is 3.15. The fourth-order valence-corrected chi connectivity index (χ4v) is 4.94. The van der Waals surface area contributed by atoms with Crippen molar-refractivity contribution in [2.24, 2.45) is 0 Å². The third-order valence-electron chi connectivity index (χ3n) is 5.15. The number of nitrogens with zero attached hydrogens (tertiary/aromatic N) is 2. The van der Waals surface area contributed by atoms with Crippen LogP contribution in [0.2, 0.25) is 5.02 Å². The molecular weight excluding hydrogens is 454 g/mol. The lowest BCUT2D eigenvalue weighted by atomic mass is 10.1. The summed E-state index contributed by atoms with van der Waals surface area (Å²) < 4.78 is 0. The van der Waals surface area contributed by atoms with E-state index in [0.29, 0.717) is 22.2 Å². The molecule has 2 amide bonds. The molecule has 0 spiro atoms. The number of carbonyl (C=O) groups excluding carboxylic acids is 2. The first-order valence-electron chi connectivity index (χ1n) is 10.3. The molecule has 0 bridgehead atoms. The third kappa shape index (κ3) is 5.28. The Bertz CT molecular complexity index is 1220. The van der Waals surface area contributed by atoms with Gasteiger partial charge in [-0.2, -0.15) is 5.26 Å². The number of hydrogen-bond donors (Lipinski definition) is 1. The third-order valence-corrected chi connectivity index (χ3v) is 6.66. The first kappa shape index (κ1) is 22.7. The number of nitrogens with one attached hydrogen (secondary N) is 1. The Balaban J connectivity index is 1.67. The molecule has 1 aliphatic rings. The maximum Gasteiger partial charge on any atom is 0.264 e. The van der Waals surface area contributed by atoms with Gasteiger partial charge in [-0.3, -0.25) is 14.5 Å². The second-order valence-electron chi connectivity index (χ2n) is 7.41. The van der Waals surface area contributed by atoms with Crippen molar-refractivity contribution in [1.82, 2.24) is 5.32 Å². The maximum atomic E-state index is 13.4. The van der Waals surface area contributed by atoms with Gasteiger partial charge in [-0.05, 0) is 41.8 Å². The molecule has 4 rings (SSSR count). The predicted molar refractivity (Wildman–Crippen MR) is 131 cm³/mol. The first-order chi connectivity index (χ1) is 16.1. The van der Waals surface area contributed by atoms with Crippen LogP contribution in [0.25, 0.3) is 0 Å². The lowest BCUT2D eigenvalue weighted by Crippen LogP contribution is -2.32. The van der Waals surface area contributed by atoms with E-state index in [9.17, 15) is 14.9 Å². The molecule has 0 radical (unpaired) electrons.